The summed E-state index contributed by atoms with van der Waals surface area (Å²) in [6.45, 7) is 2.05. The number of ether oxygens (including phenoxy) is 2. The Bertz CT molecular complexity index is 652. The van der Waals surface area contributed by atoms with E-state index in [0.29, 0.717) is 5.56 Å². The highest BCUT2D eigenvalue weighted by Crippen LogP contribution is 2.31. The lowest BCUT2D eigenvalue weighted by atomic mass is 10.2. The summed E-state index contributed by atoms with van der Waals surface area (Å²) in [6, 6.07) is 7.82. The molecule has 0 aliphatic carbocycles. The van der Waals surface area contributed by atoms with Crippen molar-refractivity contribution in [2.75, 3.05) is 13.2 Å². The maximum atomic E-state index is 13.6. The normalized spacial score (nSPS) is 14.1. The molecule has 8 nitrogen and oxygen atoms in total. The first kappa shape index (κ1) is 21.1. The van der Waals surface area contributed by atoms with Crippen molar-refractivity contribution in [2.24, 2.45) is 5.73 Å². The highest BCUT2D eigenvalue weighted by Gasteiger charge is 2.68. The van der Waals surface area contributed by atoms with Gasteiger partial charge in [0.05, 0.1) is 18.8 Å². The lowest BCUT2D eigenvalue weighted by Crippen LogP contribution is -2.84. The van der Waals surface area contributed by atoms with Crippen LogP contribution in [0.4, 0.5) is 18.0 Å². The molecule has 11 heteroatoms. The van der Waals surface area contributed by atoms with Crippen LogP contribution < -0.4 is 16.2 Å². The summed E-state index contributed by atoms with van der Waals surface area (Å²) in [5, 5.41) is 3.19. The number of nitrogen functional groups attached to an aromatic ring is 1. The van der Waals surface area contributed by atoms with Gasteiger partial charge in [-0.05, 0) is 26.0 Å². The summed E-state index contributed by atoms with van der Waals surface area (Å²) in [5.74, 6) is -2.22. The number of nitrogens with two attached hydrogens (primary N) is 1. The molecule has 0 spiro atoms. The molecule has 0 aliphatic heterocycles. The first-order chi connectivity index (χ1) is 12.2. The molecule has 4 N–H and O–H groups in total. The Labute approximate surface area is 147 Å². The molecule has 0 bridgehead atoms. The van der Waals surface area contributed by atoms with E-state index in [4.69, 9.17) is 5.73 Å². The average Bonchev–Trinajstić information content (AvgIpc) is 2.58. The van der Waals surface area contributed by atoms with Crippen LogP contribution in [0.25, 0.3) is 0 Å². The summed E-state index contributed by atoms with van der Waals surface area (Å²) in [7, 11) is 0. The zero-order chi connectivity index (χ0) is 19.8. The Hall–Kier alpha value is -2.98. The van der Waals surface area contributed by atoms with Gasteiger partial charge < -0.3 is 9.47 Å². The molecule has 0 saturated carbocycles. The van der Waals surface area contributed by atoms with Crippen LogP contribution in [0, 0.1) is 0 Å². The lowest BCUT2D eigenvalue weighted by Gasteiger charge is -2.29. The number of halogens is 3. The molecule has 0 aromatic heterocycles. The number of hydrogen-bond donors (Lipinski definition) is 3. The number of benzene rings is 1. The number of alkyl halides is 3. The van der Waals surface area contributed by atoms with Crippen LogP contribution in [-0.4, -0.2) is 43.0 Å². The van der Waals surface area contributed by atoms with Crippen LogP contribution in [-0.2, 0) is 19.1 Å². The van der Waals surface area contributed by atoms with E-state index in [1.807, 2.05) is 5.16 Å². The van der Waals surface area contributed by atoms with Crippen LogP contribution in [0.5, 0.6) is 0 Å². The van der Waals surface area contributed by atoms with Gasteiger partial charge in [-0.1, -0.05) is 23.4 Å². The average molecular weight is 378 g/mol. The van der Waals surface area contributed by atoms with Crippen LogP contribution in [0.2, 0.25) is 0 Å². The van der Waals surface area contributed by atoms with Gasteiger partial charge in [0.15, 0.2) is 0 Å². The number of amides is 1. The van der Waals surface area contributed by atoms with Gasteiger partial charge in [-0.15, -0.1) is 0 Å². The molecule has 1 atom stereocenters. The number of carbonyl (C=O) groups is 2. The van der Waals surface area contributed by atoms with Crippen LogP contribution in [0.15, 0.2) is 30.3 Å². The minimum absolute atomic E-state index is 0.228. The summed E-state index contributed by atoms with van der Waals surface area (Å²) in [4.78, 5) is 28.0. The van der Waals surface area contributed by atoms with Gasteiger partial charge in [0.25, 0.3) is 0 Å². The monoisotopic (exact) mass is 378 g/mol. The fourth-order valence-electron chi connectivity index (χ4n) is 1.71. The van der Waals surface area contributed by atoms with Gasteiger partial charge in [0, 0.05) is 0 Å². The molecule has 1 amide bonds. The highest BCUT2D eigenvalue weighted by atomic mass is 19.4. The van der Waals surface area contributed by atoms with Gasteiger partial charge in [-0.25, -0.2) is 9.59 Å². The maximum absolute atomic E-state index is 13.6. The fraction of sp³-hybridized carbons (Fsp3) is 0.400. The van der Waals surface area contributed by atoms with E-state index in [9.17, 15) is 22.8 Å². The third kappa shape index (κ3) is 5.01. The third-order valence-electron chi connectivity index (χ3n) is 2.91. The zero-order valence-corrected chi connectivity index (χ0v) is 14.1. The molecule has 0 aliphatic rings. The van der Waals surface area contributed by atoms with Gasteiger partial charge in [0.1, 0.15) is 0 Å². The number of alkyl carbamates (subject to hydrolysis) is 1. The fourth-order valence-corrected chi connectivity index (χ4v) is 1.71. The van der Waals surface area contributed by atoms with Crippen molar-refractivity contribution in [2.45, 2.75) is 25.7 Å². The van der Waals surface area contributed by atoms with Gasteiger partial charge in [-0.3, -0.25) is 15.9 Å². The molecule has 1 rings (SSSR count). The molecule has 0 fully saturated rings. The van der Waals surface area contributed by atoms with Crippen molar-refractivity contribution in [1.82, 2.24) is 5.32 Å². The first-order valence-corrected chi connectivity index (χ1v) is 7.48. The van der Waals surface area contributed by atoms with Gasteiger partial charge in [-0.2, -0.15) is 13.2 Å². The van der Waals surface area contributed by atoms with Gasteiger partial charge in [0.2, 0.25) is 0 Å². The van der Waals surface area contributed by atoms with Crippen molar-refractivity contribution in [1.29, 1.82) is 0 Å². The molecule has 144 valence electrons. The number of esters is 1. The summed E-state index contributed by atoms with van der Waals surface area (Å²) >= 11 is 0. The summed E-state index contributed by atoms with van der Waals surface area (Å²) in [5.41, 5.74) is 2.05. The third-order valence-corrected chi connectivity index (χ3v) is 2.91. The zero-order valence-electron chi connectivity index (χ0n) is 14.1. The van der Waals surface area contributed by atoms with E-state index in [0.717, 1.165) is 0 Å². The lowest BCUT2D eigenvalue weighted by molar-refractivity contribution is -0.783. The van der Waals surface area contributed by atoms with Crippen LogP contribution in [0.3, 0.4) is 0 Å². The molecule has 0 radical (unpaired) electrons. The maximum Gasteiger partial charge on any atom is 0.465 e. The molecule has 26 heavy (non-hydrogen) atoms. The number of carbonyl (C=O) groups excluding carboxylic acids is 2. The Balaban J connectivity index is 3.28. The van der Waals surface area contributed by atoms with E-state index >= 15 is 0 Å². The van der Waals surface area contributed by atoms with Crippen LogP contribution in [0.1, 0.15) is 19.4 Å². The Morgan fingerprint density at radius 2 is 1.69 bits per heavy atom. The van der Waals surface area contributed by atoms with E-state index in [1.54, 1.807) is 18.2 Å². The molecular formula is C15H19F3N3O5+. The first-order valence-electron chi connectivity index (χ1n) is 7.48. The number of rotatable bonds is 7. The highest BCUT2D eigenvalue weighted by molar-refractivity contribution is 5.92. The standard InChI is InChI=1S/C15H18F3N3O5/c1-3-24-12(22)14(15(16,17)18,20-13(23)25-4-2)26-21-11(19)10-8-6-5-7-9-10/h5-9H,3-4H2,1-2H3,(H2,19,21)(H,20,23)/p+1/t14-/m1/s1. The van der Waals surface area contributed by atoms with Crippen molar-refractivity contribution in [3.63, 3.8) is 0 Å². The van der Waals surface area contributed by atoms with Crippen molar-refractivity contribution < 1.29 is 42.2 Å². The Kier molecular flexibility index (Phi) is 7.23. The van der Waals surface area contributed by atoms with Gasteiger partial charge >= 0.3 is 29.8 Å². The second kappa shape index (κ2) is 8.92. The predicted molar refractivity (Wildman–Crippen MR) is 82.4 cm³/mol. The topological polar surface area (TPSA) is 114 Å². The molecule has 1 aromatic carbocycles. The molecule has 0 unspecified atom stereocenters. The minimum Gasteiger partial charge on any atom is -0.461 e. The van der Waals surface area contributed by atoms with Crippen LogP contribution >= 0.6 is 0 Å². The molecule has 1 aromatic rings. The van der Waals surface area contributed by atoms with E-state index < -0.39 is 24.0 Å². The second-order valence-electron chi connectivity index (χ2n) is 4.73. The number of amidine groups is 1. The van der Waals surface area contributed by atoms with Crippen molar-refractivity contribution in [3.8, 4) is 0 Å². The quantitative estimate of drug-likeness (QED) is 0.202. The van der Waals surface area contributed by atoms with Crippen molar-refractivity contribution >= 4 is 17.9 Å². The predicted octanol–water partition coefficient (Wildman–Crippen LogP) is -0.0281. The Morgan fingerprint density at radius 3 is 2.19 bits per heavy atom. The molecular weight excluding hydrogens is 359 g/mol. The SMILES string of the molecule is CCOC(=O)N[C@@](O[NH+]=C(N)c1ccccc1)(C(=O)OCC)C(F)(F)F. The second-order valence-corrected chi connectivity index (χ2v) is 4.73. The largest absolute Gasteiger partial charge is 0.465 e. The van der Waals surface area contributed by atoms with Crippen molar-refractivity contribution in [3.05, 3.63) is 35.9 Å². The van der Waals surface area contributed by atoms with E-state index in [-0.39, 0.29) is 19.0 Å². The number of hydrogen-bond acceptors (Lipinski definition) is 5. The summed E-state index contributed by atoms with van der Waals surface area (Å²) in [6.07, 6.45) is -6.92. The smallest absolute Gasteiger partial charge is 0.461 e. The van der Waals surface area contributed by atoms with E-state index in [1.165, 1.54) is 31.3 Å². The Morgan fingerprint density at radius 1 is 1.12 bits per heavy atom. The number of nitrogens with one attached hydrogen (secondary N) is 2. The summed E-state index contributed by atoms with van der Waals surface area (Å²) < 4.78 is 49.7. The molecule has 0 saturated heterocycles. The minimum atomic E-state index is -5.39. The molecule has 0 heterocycles. The van der Waals surface area contributed by atoms with E-state index in [2.05, 4.69) is 14.3 Å².